The Balaban J connectivity index is 1.46. The lowest BCUT2D eigenvalue weighted by Crippen LogP contribution is -2.19. The van der Waals surface area contributed by atoms with Crippen LogP contribution in [0.1, 0.15) is 28.8 Å². The van der Waals surface area contributed by atoms with Crippen LogP contribution in [0.25, 0.3) is 21.7 Å². The first-order chi connectivity index (χ1) is 16.0. The summed E-state index contributed by atoms with van der Waals surface area (Å²) in [5, 5.41) is 14.1. The second-order valence-electron chi connectivity index (χ2n) is 7.98. The highest BCUT2D eigenvalue weighted by Gasteiger charge is 2.24. The van der Waals surface area contributed by atoms with Crippen LogP contribution in [0, 0.1) is 10.1 Å². The zero-order valence-electron chi connectivity index (χ0n) is 17.7. The molecule has 166 valence electrons. The number of anilines is 1. The number of fused-ring (bicyclic) bond motifs is 3. The Morgan fingerprint density at radius 3 is 2.64 bits per heavy atom. The van der Waals surface area contributed by atoms with Gasteiger partial charge in [-0.05, 0) is 41.8 Å². The zero-order chi connectivity index (χ0) is 22.9. The van der Waals surface area contributed by atoms with E-state index >= 15 is 0 Å². The highest BCUT2D eigenvalue weighted by molar-refractivity contribution is 6.07. The Hall–Kier alpha value is -4.20. The molecule has 0 atom stereocenters. The third-order valence-corrected chi connectivity index (χ3v) is 5.93. The van der Waals surface area contributed by atoms with Crippen LogP contribution >= 0.6 is 0 Å². The van der Waals surface area contributed by atoms with E-state index in [1.807, 2.05) is 35.2 Å². The second kappa shape index (κ2) is 8.38. The van der Waals surface area contributed by atoms with Crippen LogP contribution in [0.4, 0.5) is 11.4 Å². The van der Waals surface area contributed by atoms with E-state index in [-0.39, 0.29) is 17.9 Å². The quantitative estimate of drug-likeness (QED) is 0.143. The molecule has 8 nitrogen and oxygen atoms in total. The predicted molar refractivity (Wildman–Crippen MR) is 124 cm³/mol. The van der Waals surface area contributed by atoms with E-state index < -0.39 is 16.5 Å². The summed E-state index contributed by atoms with van der Waals surface area (Å²) in [7, 11) is 0. The molecule has 1 aromatic heterocycles. The van der Waals surface area contributed by atoms with Crippen molar-refractivity contribution in [1.82, 2.24) is 0 Å². The van der Waals surface area contributed by atoms with Crippen molar-refractivity contribution in [2.75, 3.05) is 18.0 Å². The monoisotopic (exact) mass is 444 g/mol. The molecular weight excluding hydrogens is 424 g/mol. The number of nitro benzene ring substituents is 1. The van der Waals surface area contributed by atoms with Gasteiger partial charge in [-0.1, -0.05) is 30.3 Å². The SMILES string of the molecule is O=C(OCc1cc(=O)oc2ccc3ccccc3c12)c1ccc(N2CCCC2)c([N+](=O)[O-])c1. The molecule has 1 aliphatic rings. The number of benzene rings is 3. The predicted octanol–water partition coefficient (Wildman–Crippen LogP) is 4.81. The van der Waals surface area contributed by atoms with Crippen molar-refractivity contribution < 1.29 is 18.9 Å². The summed E-state index contributed by atoms with van der Waals surface area (Å²) in [6.45, 7) is 1.33. The maximum Gasteiger partial charge on any atom is 0.338 e. The highest BCUT2D eigenvalue weighted by Crippen LogP contribution is 2.32. The van der Waals surface area contributed by atoms with Gasteiger partial charge in [0, 0.05) is 36.2 Å². The van der Waals surface area contributed by atoms with Crippen molar-refractivity contribution >= 4 is 39.1 Å². The molecule has 5 rings (SSSR count). The number of esters is 1. The van der Waals surface area contributed by atoms with Crippen LogP contribution in [-0.2, 0) is 11.3 Å². The number of nitrogens with zero attached hydrogens (tertiary/aromatic N) is 2. The lowest BCUT2D eigenvalue weighted by Gasteiger charge is -2.17. The van der Waals surface area contributed by atoms with Gasteiger partial charge in [0.15, 0.2) is 0 Å². The summed E-state index contributed by atoms with van der Waals surface area (Å²) in [4.78, 5) is 37.9. The van der Waals surface area contributed by atoms with Gasteiger partial charge in [0.05, 0.1) is 10.5 Å². The number of carbonyl (C=O) groups excluding carboxylic acids is 1. The normalized spacial score (nSPS) is 13.5. The summed E-state index contributed by atoms with van der Waals surface area (Å²) in [5.74, 6) is -0.701. The summed E-state index contributed by atoms with van der Waals surface area (Å²) in [6.07, 6.45) is 1.96. The number of rotatable bonds is 5. The van der Waals surface area contributed by atoms with Gasteiger partial charge >= 0.3 is 11.6 Å². The molecule has 1 fully saturated rings. The minimum atomic E-state index is -0.701. The van der Waals surface area contributed by atoms with Gasteiger partial charge < -0.3 is 14.1 Å². The molecule has 0 aliphatic carbocycles. The fourth-order valence-electron chi connectivity index (χ4n) is 4.38. The van der Waals surface area contributed by atoms with Crippen LogP contribution in [-0.4, -0.2) is 24.0 Å². The van der Waals surface area contributed by atoms with E-state index in [1.54, 1.807) is 12.1 Å². The molecule has 33 heavy (non-hydrogen) atoms. The second-order valence-corrected chi connectivity index (χ2v) is 7.98. The third kappa shape index (κ3) is 3.91. The van der Waals surface area contributed by atoms with E-state index in [0.29, 0.717) is 22.2 Å². The van der Waals surface area contributed by atoms with Crippen LogP contribution in [0.3, 0.4) is 0 Å². The van der Waals surface area contributed by atoms with Gasteiger partial charge in [-0.2, -0.15) is 0 Å². The number of nitro groups is 1. The van der Waals surface area contributed by atoms with E-state index in [2.05, 4.69) is 0 Å². The van der Waals surface area contributed by atoms with Crippen LogP contribution in [0.2, 0.25) is 0 Å². The van der Waals surface area contributed by atoms with E-state index in [0.717, 1.165) is 36.7 Å². The average molecular weight is 444 g/mol. The van der Waals surface area contributed by atoms with Gasteiger partial charge in [-0.3, -0.25) is 10.1 Å². The summed E-state index contributed by atoms with van der Waals surface area (Å²) >= 11 is 0. The topological polar surface area (TPSA) is 103 Å². The fraction of sp³-hybridized carbons (Fsp3) is 0.200. The number of ether oxygens (including phenoxy) is 1. The Kier molecular flexibility index (Phi) is 5.26. The van der Waals surface area contributed by atoms with Gasteiger partial charge in [-0.15, -0.1) is 0 Å². The van der Waals surface area contributed by atoms with E-state index in [4.69, 9.17) is 9.15 Å². The molecular formula is C25H20N2O6. The molecule has 0 unspecified atom stereocenters. The fourth-order valence-corrected chi connectivity index (χ4v) is 4.38. The standard InChI is InChI=1S/C25H20N2O6/c28-23-14-18(24-19-6-2-1-5-16(19)8-10-22(24)33-23)15-32-25(29)17-7-9-20(21(13-17)27(30)31)26-11-3-4-12-26/h1-2,5-10,13-14H,3-4,11-12,15H2. The van der Waals surface area contributed by atoms with Crippen LogP contribution < -0.4 is 10.5 Å². The molecule has 1 aliphatic heterocycles. The lowest BCUT2D eigenvalue weighted by molar-refractivity contribution is -0.384. The number of carbonyl (C=O) groups is 1. The molecule has 0 bridgehead atoms. The van der Waals surface area contributed by atoms with Gasteiger partial charge in [0.1, 0.15) is 17.9 Å². The highest BCUT2D eigenvalue weighted by atomic mass is 16.6. The summed E-state index contributed by atoms with van der Waals surface area (Å²) in [5.41, 5.74) is 0.832. The molecule has 0 N–H and O–H groups in total. The molecule has 8 heteroatoms. The first kappa shape index (κ1) is 20.7. The van der Waals surface area contributed by atoms with Crippen molar-refractivity contribution in [2.24, 2.45) is 0 Å². The molecule has 0 radical (unpaired) electrons. The molecule has 1 saturated heterocycles. The Bertz CT molecular complexity index is 1450. The number of hydrogen-bond donors (Lipinski definition) is 0. The molecule has 0 amide bonds. The zero-order valence-corrected chi connectivity index (χ0v) is 17.7. The van der Waals surface area contributed by atoms with Gasteiger partial charge in [0.25, 0.3) is 5.69 Å². The number of hydrogen-bond acceptors (Lipinski definition) is 7. The maximum absolute atomic E-state index is 12.8. The van der Waals surface area contributed by atoms with Crippen molar-refractivity contribution in [1.29, 1.82) is 0 Å². The first-order valence-electron chi connectivity index (χ1n) is 10.7. The van der Waals surface area contributed by atoms with Crippen LogP contribution in [0.5, 0.6) is 0 Å². The molecule has 3 aromatic carbocycles. The lowest BCUT2D eigenvalue weighted by atomic mass is 10.0. The minimum Gasteiger partial charge on any atom is -0.457 e. The third-order valence-electron chi connectivity index (χ3n) is 5.93. The largest absolute Gasteiger partial charge is 0.457 e. The molecule has 0 spiro atoms. The minimum absolute atomic E-state index is 0.0850. The molecule has 0 saturated carbocycles. The van der Waals surface area contributed by atoms with Crippen molar-refractivity contribution in [3.63, 3.8) is 0 Å². The maximum atomic E-state index is 12.8. The molecule has 2 heterocycles. The average Bonchev–Trinajstić information content (AvgIpc) is 3.36. The van der Waals surface area contributed by atoms with E-state index in [1.165, 1.54) is 18.2 Å². The van der Waals surface area contributed by atoms with E-state index in [9.17, 15) is 19.7 Å². The Labute approximate surface area is 188 Å². The van der Waals surface area contributed by atoms with Gasteiger partial charge in [0.2, 0.25) is 0 Å². The smallest absolute Gasteiger partial charge is 0.338 e. The first-order valence-corrected chi connectivity index (χ1v) is 10.7. The molecule has 4 aromatic rings. The Morgan fingerprint density at radius 2 is 1.85 bits per heavy atom. The van der Waals surface area contributed by atoms with Gasteiger partial charge in [-0.25, -0.2) is 9.59 Å². The Morgan fingerprint density at radius 1 is 1.06 bits per heavy atom. The summed E-state index contributed by atoms with van der Waals surface area (Å²) < 4.78 is 10.8. The van der Waals surface area contributed by atoms with Crippen molar-refractivity contribution in [3.8, 4) is 0 Å². The van der Waals surface area contributed by atoms with Crippen molar-refractivity contribution in [3.05, 3.63) is 92.3 Å². The summed E-state index contributed by atoms with van der Waals surface area (Å²) in [6, 6.07) is 16.9. The van der Waals surface area contributed by atoms with Crippen molar-refractivity contribution in [2.45, 2.75) is 19.4 Å². The van der Waals surface area contributed by atoms with Crippen LogP contribution in [0.15, 0.2) is 69.9 Å².